The summed E-state index contributed by atoms with van der Waals surface area (Å²) in [6.45, 7) is 5.33. The molecule has 0 spiro atoms. The van der Waals surface area contributed by atoms with Gasteiger partial charge in [0, 0.05) is 6.04 Å². The summed E-state index contributed by atoms with van der Waals surface area (Å²) in [5.74, 6) is -0.938. The van der Waals surface area contributed by atoms with E-state index >= 15 is 0 Å². The lowest BCUT2D eigenvalue weighted by atomic mass is 9.99. The highest BCUT2D eigenvalue weighted by atomic mass is 35.5. The molecule has 18 heavy (non-hydrogen) atoms. The molecule has 0 saturated carbocycles. The Labute approximate surface area is 109 Å². The van der Waals surface area contributed by atoms with Gasteiger partial charge in [0.2, 0.25) is 0 Å². The molecule has 0 aliphatic heterocycles. The number of benzene rings is 1. The SMILES string of the molecule is C=C(C)C[C@H](N)c1cc(F)cc(C(F)(F)F)c1.Cl. The van der Waals surface area contributed by atoms with Crippen molar-refractivity contribution in [3.8, 4) is 0 Å². The van der Waals surface area contributed by atoms with Crippen LogP contribution in [0.15, 0.2) is 30.4 Å². The predicted molar refractivity (Wildman–Crippen MR) is 65.0 cm³/mol. The van der Waals surface area contributed by atoms with E-state index in [0.29, 0.717) is 12.5 Å². The van der Waals surface area contributed by atoms with E-state index in [1.807, 2.05) is 0 Å². The minimum absolute atomic E-state index is 0. The molecule has 1 aromatic carbocycles. The van der Waals surface area contributed by atoms with Crippen LogP contribution < -0.4 is 5.73 Å². The summed E-state index contributed by atoms with van der Waals surface area (Å²) >= 11 is 0. The van der Waals surface area contributed by atoms with Crippen LogP contribution in [0, 0.1) is 5.82 Å². The monoisotopic (exact) mass is 283 g/mol. The zero-order chi connectivity index (χ0) is 13.2. The summed E-state index contributed by atoms with van der Waals surface area (Å²) in [6.07, 6.45) is -4.25. The van der Waals surface area contributed by atoms with E-state index in [2.05, 4.69) is 6.58 Å². The Bertz CT molecular complexity index is 429. The molecule has 0 fully saturated rings. The highest BCUT2D eigenvalue weighted by Gasteiger charge is 2.31. The molecule has 0 bridgehead atoms. The minimum Gasteiger partial charge on any atom is -0.324 e. The molecule has 1 rings (SSSR count). The molecular formula is C12H14ClF4N. The Morgan fingerprint density at radius 2 is 1.89 bits per heavy atom. The van der Waals surface area contributed by atoms with E-state index in [0.717, 1.165) is 17.7 Å². The van der Waals surface area contributed by atoms with Crippen molar-refractivity contribution in [3.05, 3.63) is 47.3 Å². The molecule has 1 atom stereocenters. The first-order chi connectivity index (χ1) is 7.70. The van der Waals surface area contributed by atoms with E-state index in [-0.39, 0.29) is 18.0 Å². The Morgan fingerprint density at radius 1 is 1.33 bits per heavy atom. The van der Waals surface area contributed by atoms with Crippen molar-refractivity contribution >= 4 is 12.4 Å². The Balaban J connectivity index is 0.00000289. The Hall–Kier alpha value is -1.07. The predicted octanol–water partition coefficient (Wildman–Crippen LogP) is 4.23. The number of halogens is 5. The third-order valence-electron chi connectivity index (χ3n) is 2.24. The molecule has 0 aliphatic rings. The lowest BCUT2D eigenvalue weighted by molar-refractivity contribution is -0.137. The Kier molecular flexibility index (Phi) is 5.83. The standard InChI is InChI=1S/C12H13F4N.ClH/c1-7(2)3-11(17)8-4-9(12(14,15)16)6-10(13)5-8;/h4-6,11H,1,3,17H2,2H3;1H/t11-;/m0./s1. The molecule has 2 N–H and O–H groups in total. The zero-order valence-corrected chi connectivity index (χ0v) is 10.5. The maximum atomic E-state index is 13.1. The van der Waals surface area contributed by atoms with Crippen LogP contribution in [-0.4, -0.2) is 0 Å². The second-order valence-electron chi connectivity index (χ2n) is 4.04. The average Bonchev–Trinajstić information content (AvgIpc) is 2.14. The van der Waals surface area contributed by atoms with Crippen molar-refractivity contribution in [2.75, 3.05) is 0 Å². The van der Waals surface area contributed by atoms with E-state index in [9.17, 15) is 17.6 Å². The Morgan fingerprint density at radius 3 is 2.33 bits per heavy atom. The summed E-state index contributed by atoms with van der Waals surface area (Å²) in [4.78, 5) is 0. The van der Waals surface area contributed by atoms with Gasteiger partial charge in [0.15, 0.2) is 0 Å². The number of nitrogens with two attached hydrogens (primary N) is 1. The quantitative estimate of drug-likeness (QED) is 0.652. The van der Waals surface area contributed by atoms with Crippen molar-refractivity contribution in [1.82, 2.24) is 0 Å². The van der Waals surface area contributed by atoms with Gasteiger partial charge in [-0.25, -0.2) is 4.39 Å². The van der Waals surface area contributed by atoms with Crippen LogP contribution in [0.25, 0.3) is 0 Å². The van der Waals surface area contributed by atoms with Gasteiger partial charge in [-0.05, 0) is 37.1 Å². The molecule has 0 aliphatic carbocycles. The van der Waals surface area contributed by atoms with Gasteiger partial charge < -0.3 is 5.73 Å². The minimum atomic E-state index is -4.57. The van der Waals surface area contributed by atoms with Crippen LogP contribution in [-0.2, 0) is 6.18 Å². The first kappa shape index (κ1) is 16.9. The lowest BCUT2D eigenvalue weighted by Gasteiger charge is -2.15. The average molecular weight is 284 g/mol. The third-order valence-corrected chi connectivity index (χ3v) is 2.24. The molecule has 102 valence electrons. The number of alkyl halides is 3. The van der Waals surface area contributed by atoms with E-state index in [1.54, 1.807) is 6.92 Å². The normalized spacial score (nSPS) is 12.8. The molecule has 0 heterocycles. The largest absolute Gasteiger partial charge is 0.416 e. The van der Waals surface area contributed by atoms with Crippen LogP contribution in [0.2, 0.25) is 0 Å². The summed E-state index contributed by atoms with van der Waals surface area (Å²) in [6, 6.07) is 1.67. The van der Waals surface area contributed by atoms with Crippen molar-refractivity contribution in [2.24, 2.45) is 5.73 Å². The van der Waals surface area contributed by atoms with E-state index in [4.69, 9.17) is 5.73 Å². The van der Waals surface area contributed by atoms with Gasteiger partial charge >= 0.3 is 6.18 Å². The number of hydrogen-bond donors (Lipinski definition) is 1. The fraction of sp³-hybridized carbons (Fsp3) is 0.333. The van der Waals surface area contributed by atoms with E-state index in [1.165, 1.54) is 0 Å². The lowest BCUT2D eigenvalue weighted by Crippen LogP contribution is -2.13. The second kappa shape index (κ2) is 6.20. The molecular weight excluding hydrogens is 270 g/mol. The topological polar surface area (TPSA) is 26.0 Å². The fourth-order valence-electron chi connectivity index (χ4n) is 1.48. The van der Waals surface area contributed by atoms with Gasteiger partial charge in [-0.2, -0.15) is 13.2 Å². The molecule has 0 unspecified atom stereocenters. The second-order valence-corrected chi connectivity index (χ2v) is 4.04. The number of hydrogen-bond acceptors (Lipinski definition) is 1. The van der Waals surface area contributed by atoms with Crippen LogP contribution in [0.3, 0.4) is 0 Å². The van der Waals surface area contributed by atoms with Crippen LogP contribution >= 0.6 is 12.4 Å². The third kappa shape index (κ3) is 4.66. The summed E-state index contributed by atoms with van der Waals surface area (Å²) in [7, 11) is 0. The molecule has 6 heteroatoms. The van der Waals surface area contributed by atoms with Gasteiger partial charge in [-0.3, -0.25) is 0 Å². The van der Waals surface area contributed by atoms with Crippen LogP contribution in [0.4, 0.5) is 17.6 Å². The maximum absolute atomic E-state index is 13.1. The summed E-state index contributed by atoms with van der Waals surface area (Å²) in [5.41, 5.74) is 5.52. The number of rotatable bonds is 3. The summed E-state index contributed by atoms with van der Waals surface area (Å²) < 4.78 is 50.4. The summed E-state index contributed by atoms with van der Waals surface area (Å²) in [5, 5.41) is 0. The smallest absolute Gasteiger partial charge is 0.324 e. The van der Waals surface area contributed by atoms with Crippen LogP contribution in [0.1, 0.15) is 30.5 Å². The maximum Gasteiger partial charge on any atom is 0.416 e. The molecule has 0 amide bonds. The van der Waals surface area contributed by atoms with Gasteiger partial charge in [-0.1, -0.05) is 5.57 Å². The molecule has 1 nitrogen and oxygen atoms in total. The molecule has 1 aromatic rings. The van der Waals surface area contributed by atoms with E-state index < -0.39 is 23.6 Å². The van der Waals surface area contributed by atoms with Gasteiger partial charge in [0.1, 0.15) is 5.82 Å². The fourth-order valence-corrected chi connectivity index (χ4v) is 1.48. The van der Waals surface area contributed by atoms with Gasteiger partial charge in [0.25, 0.3) is 0 Å². The van der Waals surface area contributed by atoms with Gasteiger partial charge in [-0.15, -0.1) is 19.0 Å². The van der Waals surface area contributed by atoms with Crippen molar-refractivity contribution in [1.29, 1.82) is 0 Å². The molecule has 0 aromatic heterocycles. The molecule has 0 saturated heterocycles. The molecule has 0 radical (unpaired) electrons. The first-order valence-electron chi connectivity index (χ1n) is 4.98. The highest BCUT2D eigenvalue weighted by molar-refractivity contribution is 5.85. The van der Waals surface area contributed by atoms with Crippen molar-refractivity contribution in [2.45, 2.75) is 25.6 Å². The first-order valence-corrected chi connectivity index (χ1v) is 4.98. The highest BCUT2D eigenvalue weighted by Crippen LogP contribution is 2.32. The van der Waals surface area contributed by atoms with Crippen LogP contribution in [0.5, 0.6) is 0 Å². The zero-order valence-electron chi connectivity index (χ0n) is 9.72. The van der Waals surface area contributed by atoms with Gasteiger partial charge in [0.05, 0.1) is 5.56 Å². The van der Waals surface area contributed by atoms with Crippen molar-refractivity contribution < 1.29 is 17.6 Å². The van der Waals surface area contributed by atoms with Crippen molar-refractivity contribution in [3.63, 3.8) is 0 Å².